The first-order valence-corrected chi connectivity index (χ1v) is 10.8. The lowest BCUT2D eigenvalue weighted by molar-refractivity contribution is 0.136. The summed E-state index contributed by atoms with van der Waals surface area (Å²) in [6, 6.07) is 13.6. The van der Waals surface area contributed by atoms with Crippen molar-refractivity contribution in [1.82, 2.24) is 5.32 Å². The van der Waals surface area contributed by atoms with Gasteiger partial charge in [0.05, 0.1) is 14.2 Å². The van der Waals surface area contributed by atoms with Gasteiger partial charge in [-0.1, -0.05) is 56.5 Å². The Labute approximate surface area is 180 Å². The van der Waals surface area contributed by atoms with E-state index in [1.165, 1.54) is 19.3 Å². The summed E-state index contributed by atoms with van der Waals surface area (Å²) in [5.74, 6) is 1.70. The summed E-state index contributed by atoms with van der Waals surface area (Å²) in [7, 11) is 3.38. The molecule has 0 aliphatic rings. The van der Waals surface area contributed by atoms with E-state index in [0.717, 1.165) is 41.0 Å². The van der Waals surface area contributed by atoms with Gasteiger partial charge in [-0.3, -0.25) is 0 Å². The molecule has 5 heteroatoms. The van der Waals surface area contributed by atoms with Gasteiger partial charge in [-0.2, -0.15) is 0 Å². The Hall–Kier alpha value is -2.69. The Balaban J connectivity index is 1.95. The van der Waals surface area contributed by atoms with Crippen LogP contribution in [0, 0.1) is 0 Å². The van der Waals surface area contributed by atoms with Crippen LogP contribution in [0.3, 0.4) is 0 Å². The largest absolute Gasteiger partial charge is 0.496 e. The predicted molar refractivity (Wildman–Crippen MR) is 120 cm³/mol. The smallest absolute Gasteiger partial charge is 0.407 e. The van der Waals surface area contributed by atoms with E-state index in [4.69, 9.17) is 14.2 Å². The van der Waals surface area contributed by atoms with E-state index in [9.17, 15) is 4.79 Å². The number of carbonyl (C=O) groups excluding carboxylic acids is 1. The van der Waals surface area contributed by atoms with Crippen LogP contribution in [0.15, 0.2) is 42.5 Å². The van der Waals surface area contributed by atoms with Gasteiger partial charge in [0, 0.05) is 6.04 Å². The van der Waals surface area contributed by atoms with Crippen LogP contribution < -0.4 is 14.8 Å². The van der Waals surface area contributed by atoms with Crippen LogP contribution in [0.1, 0.15) is 56.2 Å². The number of hydrogen-bond acceptors (Lipinski definition) is 4. The van der Waals surface area contributed by atoms with Crippen molar-refractivity contribution < 1.29 is 19.0 Å². The molecule has 2 aromatic rings. The fourth-order valence-corrected chi connectivity index (χ4v) is 3.47. The van der Waals surface area contributed by atoms with Crippen molar-refractivity contribution in [2.24, 2.45) is 0 Å². The highest BCUT2D eigenvalue weighted by atomic mass is 16.5. The van der Waals surface area contributed by atoms with Crippen molar-refractivity contribution in [3.63, 3.8) is 0 Å². The molecule has 30 heavy (non-hydrogen) atoms. The van der Waals surface area contributed by atoms with E-state index in [1.807, 2.05) is 43.3 Å². The lowest BCUT2D eigenvalue weighted by atomic mass is 9.99. The Morgan fingerprint density at radius 1 is 0.967 bits per heavy atom. The van der Waals surface area contributed by atoms with Gasteiger partial charge in [-0.15, -0.1) is 0 Å². The molecule has 1 N–H and O–H groups in total. The molecule has 0 aromatic heterocycles. The number of hydrogen-bond donors (Lipinski definition) is 1. The molecular weight excluding hydrogens is 378 g/mol. The fourth-order valence-electron chi connectivity index (χ4n) is 3.47. The van der Waals surface area contributed by atoms with E-state index in [0.29, 0.717) is 6.42 Å². The Morgan fingerprint density at radius 2 is 1.63 bits per heavy atom. The Kier molecular flexibility index (Phi) is 10.1. The van der Waals surface area contributed by atoms with Crippen molar-refractivity contribution in [3.8, 4) is 11.5 Å². The van der Waals surface area contributed by atoms with E-state index >= 15 is 0 Å². The molecule has 0 saturated heterocycles. The Morgan fingerprint density at radius 3 is 2.30 bits per heavy atom. The van der Waals surface area contributed by atoms with E-state index in [2.05, 4.69) is 18.3 Å². The number of methoxy groups -OCH3 is 2. The predicted octanol–water partition coefficient (Wildman–Crippen LogP) is 5.68. The van der Waals surface area contributed by atoms with E-state index < -0.39 is 6.09 Å². The van der Waals surface area contributed by atoms with Gasteiger partial charge < -0.3 is 19.5 Å². The minimum absolute atomic E-state index is 0.109. The average Bonchev–Trinajstić information content (AvgIpc) is 2.76. The standard InChI is InChI=1S/C25H35NO4/c1-5-6-7-11-14-21-16-24(29-4)22(17-23(21)28-3)15-19(2)26-25(27)30-18-20-12-9-8-10-13-20/h8-10,12-13,16-17,19H,5-7,11,14-15,18H2,1-4H3,(H,26,27). The number of carbonyl (C=O) groups is 1. The first-order chi connectivity index (χ1) is 14.6. The molecule has 0 spiro atoms. The van der Waals surface area contributed by atoms with Gasteiger partial charge in [-0.05, 0) is 55.0 Å². The number of amides is 1. The zero-order chi connectivity index (χ0) is 21.8. The summed E-state index contributed by atoms with van der Waals surface area (Å²) in [5, 5.41) is 2.89. The molecule has 1 amide bonds. The molecule has 0 heterocycles. The zero-order valence-corrected chi connectivity index (χ0v) is 18.7. The third-order valence-electron chi connectivity index (χ3n) is 5.09. The molecule has 0 aliphatic carbocycles. The van der Waals surface area contributed by atoms with Gasteiger partial charge >= 0.3 is 6.09 Å². The van der Waals surface area contributed by atoms with Crippen molar-refractivity contribution in [2.45, 2.75) is 65.0 Å². The number of ether oxygens (including phenoxy) is 3. The van der Waals surface area contributed by atoms with Gasteiger partial charge in [0.1, 0.15) is 18.1 Å². The summed E-state index contributed by atoms with van der Waals surface area (Å²) in [4.78, 5) is 12.1. The number of benzene rings is 2. The lowest BCUT2D eigenvalue weighted by Crippen LogP contribution is -2.34. The molecule has 5 nitrogen and oxygen atoms in total. The zero-order valence-electron chi connectivity index (χ0n) is 18.7. The molecular formula is C25H35NO4. The monoisotopic (exact) mass is 413 g/mol. The number of unbranched alkanes of at least 4 members (excludes halogenated alkanes) is 3. The third-order valence-corrected chi connectivity index (χ3v) is 5.09. The number of rotatable bonds is 12. The number of alkyl carbamates (subject to hydrolysis) is 1. The summed E-state index contributed by atoms with van der Waals surface area (Å²) in [6.07, 6.45) is 5.99. The molecule has 1 unspecified atom stereocenters. The van der Waals surface area contributed by atoms with Crippen molar-refractivity contribution in [2.75, 3.05) is 14.2 Å². The number of aryl methyl sites for hydroxylation is 1. The van der Waals surface area contributed by atoms with Crippen LogP contribution in [0.5, 0.6) is 11.5 Å². The van der Waals surface area contributed by atoms with Gasteiger partial charge in [0.25, 0.3) is 0 Å². The second-order valence-corrected chi connectivity index (χ2v) is 7.60. The third kappa shape index (κ3) is 7.62. The van der Waals surface area contributed by atoms with Crippen LogP contribution >= 0.6 is 0 Å². The molecule has 1 atom stereocenters. The second-order valence-electron chi connectivity index (χ2n) is 7.60. The molecule has 0 fully saturated rings. The molecule has 2 aromatic carbocycles. The first-order valence-electron chi connectivity index (χ1n) is 10.8. The molecule has 0 bridgehead atoms. The minimum atomic E-state index is -0.426. The maximum Gasteiger partial charge on any atom is 0.407 e. The fraction of sp³-hybridized carbons (Fsp3) is 0.480. The summed E-state index contributed by atoms with van der Waals surface area (Å²) < 4.78 is 16.6. The summed E-state index contributed by atoms with van der Waals surface area (Å²) in [5.41, 5.74) is 3.13. The van der Waals surface area contributed by atoms with Gasteiger partial charge in [-0.25, -0.2) is 4.79 Å². The highest BCUT2D eigenvalue weighted by molar-refractivity contribution is 5.67. The SMILES string of the molecule is CCCCCCc1cc(OC)c(CC(C)NC(=O)OCc2ccccc2)cc1OC. The second kappa shape index (κ2) is 12.8. The van der Waals surface area contributed by atoms with Gasteiger partial charge in [0.2, 0.25) is 0 Å². The maximum atomic E-state index is 12.1. The normalized spacial score (nSPS) is 11.6. The average molecular weight is 414 g/mol. The van der Waals surface area contributed by atoms with Crippen molar-refractivity contribution in [1.29, 1.82) is 0 Å². The lowest BCUT2D eigenvalue weighted by Gasteiger charge is -2.18. The van der Waals surface area contributed by atoms with Gasteiger partial charge in [0.15, 0.2) is 0 Å². The number of nitrogens with one attached hydrogen (secondary N) is 1. The molecule has 0 radical (unpaired) electrons. The quantitative estimate of drug-likeness (QED) is 0.455. The summed E-state index contributed by atoms with van der Waals surface area (Å²) in [6.45, 7) is 4.42. The first kappa shape index (κ1) is 23.6. The van der Waals surface area contributed by atoms with Crippen LogP contribution in [-0.2, 0) is 24.2 Å². The van der Waals surface area contributed by atoms with E-state index in [-0.39, 0.29) is 12.6 Å². The Bertz CT molecular complexity index is 776. The van der Waals surface area contributed by atoms with Crippen LogP contribution in [0.4, 0.5) is 4.79 Å². The molecule has 2 rings (SSSR count). The van der Waals surface area contributed by atoms with Crippen molar-refractivity contribution in [3.05, 3.63) is 59.2 Å². The van der Waals surface area contributed by atoms with Crippen molar-refractivity contribution >= 4 is 6.09 Å². The topological polar surface area (TPSA) is 56.8 Å². The highest BCUT2D eigenvalue weighted by Crippen LogP contribution is 2.31. The van der Waals surface area contributed by atoms with Crippen LogP contribution in [-0.4, -0.2) is 26.4 Å². The summed E-state index contributed by atoms with van der Waals surface area (Å²) >= 11 is 0. The van der Waals surface area contributed by atoms with Crippen LogP contribution in [0.2, 0.25) is 0 Å². The molecule has 0 saturated carbocycles. The minimum Gasteiger partial charge on any atom is -0.496 e. The van der Waals surface area contributed by atoms with Crippen LogP contribution in [0.25, 0.3) is 0 Å². The molecule has 164 valence electrons. The van der Waals surface area contributed by atoms with E-state index in [1.54, 1.807) is 14.2 Å². The highest BCUT2D eigenvalue weighted by Gasteiger charge is 2.16. The molecule has 0 aliphatic heterocycles. The maximum absolute atomic E-state index is 12.1.